The van der Waals surface area contributed by atoms with Crippen molar-refractivity contribution in [2.75, 3.05) is 0 Å². The van der Waals surface area contributed by atoms with Gasteiger partial charge in [-0.05, 0) is 51.8 Å². The number of nitrogens with two attached hydrogens (primary N) is 1. The molecule has 2 aromatic carbocycles. The molecule has 21 heavy (non-hydrogen) atoms. The van der Waals surface area contributed by atoms with Gasteiger partial charge in [-0.2, -0.15) is 5.26 Å². The van der Waals surface area contributed by atoms with Gasteiger partial charge in [0, 0.05) is 0 Å². The molecule has 0 saturated carbocycles. The van der Waals surface area contributed by atoms with Gasteiger partial charge in [0.15, 0.2) is 0 Å². The lowest BCUT2D eigenvalue weighted by Gasteiger charge is -2.09. The van der Waals surface area contributed by atoms with Crippen LogP contribution in [0.1, 0.15) is 11.1 Å². The van der Waals surface area contributed by atoms with Crippen molar-refractivity contribution in [3.63, 3.8) is 0 Å². The number of hydrogen-bond acceptors (Lipinski definition) is 4. The summed E-state index contributed by atoms with van der Waals surface area (Å²) in [5.41, 5.74) is 1.40. The van der Waals surface area contributed by atoms with E-state index in [2.05, 4.69) is 22.0 Å². The molecule has 0 radical (unpaired) electrons. The highest BCUT2D eigenvalue weighted by molar-refractivity contribution is 9.10. The summed E-state index contributed by atoms with van der Waals surface area (Å²) in [6.45, 7) is 0.267. The normalized spacial score (nSPS) is 10.9. The van der Waals surface area contributed by atoms with Crippen LogP contribution >= 0.6 is 15.9 Å². The number of nitrogens with zero attached hydrogens (tertiary/aromatic N) is 1. The van der Waals surface area contributed by atoms with Crippen LogP contribution in [0.4, 0.5) is 0 Å². The molecule has 0 fully saturated rings. The topological polar surface area (TPSA) is 93.2 Å². The highest BCUT2D eigenvalue weighted by Gasteiger charge is 2.11. The minimum Gasteiger partial charge on any atom is -0.488 e. The lowest BCUT2D eigenvalue weighted by atomic mass is 10.1. The SMILES string of the molecule is N#Cc1cccc(COc2ccc(S(N)(=O)=O)cc2Br)c1. The van der Waals surface area contributed by atoms with E-state index in [1.165, 1.54) is 18.2 Å². The number of sulfonamides is 1. The van der Waals surface area contributed by atoms with E-state index in [0.29, 0.717) is 15.8 Å². The van der Waals surface area contributed by atoms with Crippen LogP contribution in [0.25, 0.3) is 0 Å². The van der Waals surface area contributed by atoms with Gasteiger partial charge < -0.3 is 4.74 Å². The predicted molar refractivity (Wildman–Crippen MR) is 81.0 cm³/mol. The summed E-state index contributed by atoms with van der Waals surface area (Å²) in [6.07, 6.45) is 0. The molecule has 0 atom stereocenters. The fraction of sp³-hybridized carbons (Fsp3) is 0.0714. The van der Waals surface area contributed by atoms with Crippen LogP contribution in [0.3, 0.4) is 0 Å². The molecule has 0 amide bonds. The predicted octanol–water partition coefficient (Wildman–Crippen LogP) is 2.55. The second-order valence-corrected chi connectivity index (χ2v) is 6.65. The molecular formula is C14H11BrN2O3S. The van der Waals surface area contributed by atoms with Gasteiger partial charge in [0.05, 0.1) is 21.0 Å². The van der Waals surface area contributed by atoms with Crippen LogP contribution in [0, 0.1) is 11.3 Å². The Morgan fingerprint density at radius 3 is 2.62 bits per heavy atom. The van der Waals surface area contributed by atoms with Crippen molar-refractivity contribution in [2.24, 2.45) is 5.14 Å². The molecule has 0 aliphatic heterocycles. The molecule has 0 spiro atoms. The third-order valence-electron chi connectivity index (χ3n) is 2.68. The maximum Gasteiger partial charge on any atom is 0.238 e. The number of benzene rings is 2. The minimum atomic E-state index is -3.74. The summed E-state index contributed by atoms with van der Waals surface area (Å²) in [5, 5.41) is 13.9. The van der Waals surface area contributed by atoms with Crippen LogP contribution in [0.5, 0.6) is 5.75 Å². The Morgan fingerprint density at radius 2 is 2.00 bits per heavy atom. The Balaban J connectivity index is 2.15. The van der Waals surface area contributed by atoms with E-state index >= 15 is 0 Å². The fourth-order valence-corrected chi connectivity index (χ4v) is 2.85. The van der Waals surface area contributed by atoms with Crippen molar-refractivity contribution in [3.8, 4) is 11.8 Å². The maximum atomic E-state index is 11.2. The second-order valence-electron chi connectivity index (χ2n) is 4.24. The van der Waals surface area contributed by atoms with E-state index < -0.39 is 10.0 Å². The molecule has 5 nitrogen and oxygen atoms in total. The number of nitriles is 1. The Kier molecular flexibility index (Phi) is 4.63. The van der Waals surface area contributed by atoms with E-state index in [-0.39, 0.29) is 11.5 Å². The first-order valence-corrected chi connectivity index (χ1v) is 8.18. The molecule has 0 unspecified atom stereocenters. The van der Waals surface area contributed by atoms with Gasteiger partial charge >= 0.3 is 0 Å². The average molecular weight is 367 g/mol. The van der Waals surface area contributed by atoms with E-state index in [1.54, 1.807) is 18.2 Å². The van der Waals surface area contributed by atoms with Crippen molar-refractivity contribution in [1.29, 1.82) is 5.26 Å². The van der Waals surface area contributed by atoms with Crippen LogP contribution in [-0.4, -0.2) is 8.42 Å². The fourth-order valence-electron chi connectivity index (χ4n) is 1.67. The molecule has 0 heterocycles. The first kappa shape index (κ1) is 15.5. The van der Waals surface area contributed by atoms with Gasteiger partial charge in [-0.15, -0.1) is 0 Å². The van der Waals surface area contributed by atoms with Crippen molar-refractivity contribution in [2.45, 2.75) is 11.5 Å². The summed E-state index contributed by atoms with van der Waals surface area (Å²) in [6, 6.07) is 13.4. The molecule has 0 saturated heterocycles. The molecule has 0 aromatic heterocycles. The number of rotatable bonds is 4. The largest absolute Gasteiger partial charge is 0.488 e. The number of halogens is 1. The highest BCUT2D eigenvalue weighted by atomic mass is 79.9. The lowest BCUT2D eigenvalue weighted by Crippen LogP contribution is -2.12. The van der Waals surface area contributed by atoms with Crippen LogP contribution in [0.2, 0.25) is 0 Å². The van der Waals surface area contributed by atoms with Crippen LogP contribution in [0.15, 0.2) is 51.8 Å². The Labute approximate surface area is 131 Å². The summed E-state index contributed by atoms with van der Waals surface area (Å²) >= 11 is 3.24. The number of ether oxygens (including phenoxy) is 1. The van der Waals surface area contributed by atoms with Crippen LogP contribution in [-0.2, 0) is 16.6 Å². The van der Waals surface area contributed by atoms with Gasteiger partial charge in [0.25, 0.3) is 0 Å². The zero-order valence-electron chi connectivity index (χ0n) is 10.8. The van der Waals surface area contributed by atoms with Crippen molar-refractivity contribution in [1.82, 2.24) is 0 Å². The second kappa shape index (κ2) is 6.26. The van der Waals surface area contributed by atoms with Gasteiger partial charge in [0.1, 0.15) is 12.4 Å². The zero-order valence-corrected chi connectivity index (χ0v) is 13.2. The van der Waals surface area contributed by atoms with Gasteiger partial charge in [-0.25, -0.2) is 13.6 Å². The third-order valence-corrected chi connectivity index (χ3v) is 4.21. The van der Waals surface area contributed by atoms with E-state index in [4.69, 9.17) is 15.1 Å². The first-order valence-electron chi connectivity index (χ1n) is 5.84. The van der Waals surface area contributed by atoms with Crippen LogP contribution < -0.4 is 9.88 Å². The smallest absolute Gasteiger partial charge is 0.238 e. The van der Waals surface area contributed by atoms with Gasteiger partial charge in [0.2, 0.25) is 10.0 Å². The minimum absolute atomic E-state index is 0.00760. The molecule has 2 N–H and O–H groups in total. The first-order chi connectivity index (χ1) is 9.90. The standard InChI is InChI=1S/C14H11BrN2O3S/c15-13-7-12(21(17,18)19)4-5-14(13)20-9-11-3-1-2-10(6-11)8-16/h1-7H,9H2,(H2,17,18,19). The third kappa shape index (κ3) is 4.04. The molecule has 2 aromatic rings. The Hall–Kier alpha value is -1.88. The molecule has 0 aliphatic carbocycles. The van der Waals surface area contributed by atoms with Crippen molar-refractivity contribution in [3.05, 3.63) is 58.1 Å². The molecule has 2 rings (SSSR count). The van der Waals surface area contributed by atoms with Gasteiger partial charge in [-0.1, -0.05) is 12.1 Å². The zero-order chi connectivity index (χ0) is 15.5. The summed E-state index contributed by atoms with van der Waals surface area (Å²) in [4.78, 5) is 0.00760. The maximum absolute atomic E-state index is 11.2. The molecular weight excluding hydrogens is 356 g/mol. The molecule has 0 aliphatic rings. The highest BCUT2D eigenvalue weighted by Crippen LogP contribution is 2.28. The monoisotopic (exact) mass is 366 g/mol. The quantitative estimate of drug-likeness (QED) is 0.899. The van der Waals surface area contributed by atoms with Crippen molar-refractivity contribution >= 4 is 26.0 Å². The van der Waals surface area contributed by atoms with E-state index in [9.17, 15) is 8.42 Å². The number of primary sulfonamides is 1. The Bertz CT molecular complexity index is 813. The average Bonchev–Trinajstić information content (AvgIpc) is 2.45. The summed E-state index contributed by atoms with van der Waals surface area (Å²) < 4.78 is 28.6. The van der Waals surface area contributed by atoms with E-state index in [1.807, 2.05) is 6.07 Å². The molecule has 7 heteroatoms. The van der Waals surface area contributed by atoms with Crippen molar-refractivity contribution < 1.29 is 13.2 Å². The van der Waals surface area contributed by atoms with Gasteiger partial charge in [-0.3, -0.25) is 0 Å². The Morgan fingerprint density at radius 1 is 1.24 bits per heavy atom. The summed E-state index contributed by atoms with van der Waals surface area (Å²) in [7, 11) is -3.74. The lowest BCUT2D eigenvalue weighted by molar-refractivity contribution is 0.304. The number of hydrogen-bond donors (Lipinski definition) is 1. The summed E-state index contributed by atoms with van der Waals surface area (Å²) in [5.74, 6) is 0.491. The molecule has 108 valence electrons. The van der Waals surface area contributed by atoms with E-state index in [0.717, 1.165) is 5.56 Å². The molecule has 0 bridgehead atoms.